The summed E-state index contributed by atoms with van der Waals surface area (Å²) in [7, 11) is 0. The second kappa shape index (κ2) is 7.22. The van der Waals surface area contributed by atoms with Crippen molar-refractivity contribution in [3.63, 3.8) is 0 Å². The maximum Gasteiger partial charge on any atom is 0.253 e. The van der Waals surface area contributed by atoms with Crippen LogP contribution in [-0.2, 0) is 0 Å². The van der Waals surface area contributed by atoms with E-state index in [0.29, 0.717) is 17.1 Å². The van der Waals surface area contributed by atoms with Crippen LogP contribution in [-0.4, -0.2) is 16.9 Å². The Bertz CT molecular complexity index is 666. The number of nitrogens with one attached hydrogen (secondary N) is 2. The molecule has 120 valence electrons. The van der Waals surface area contributed by atoms with Gasteiger partial charge in [-0.25, -0.2) is 9.37 Å². The Hall–Kier alpha value is -2.43. The Labute approximate surface area is 135 Å². The number of benzene rings is 1. The molecule has 1 aromatic heterocycles. The third-order valence-corrected chi connectivity index (χ3v) is 4.10. The second-order valence-electron chi connectivity index (χ2n) is 5.85. The molecule has 0 radical (unpaired) electrons. The van der Waals surface area contributed by atoms with Gasteiger partial charge in [0.15, 0.2) is 0 Å². The van der Waals surface area contributed by atoms with E-state index in [1.807, 2.05) is 0 Å². The molecule has 0 unspecified atom stereocenters. The molecule has 1 fully saturated rings. The van der Waals surface area contributed by atoms with Crippen molar-refractivity contribution in [2.75, 3.05) is 5.32 Å². The zero-order valence-electron chi connectivity index (χ0n) is 12.9. The first-order valence-electron chi connectivity index (χ1n) is 8.01. The maximum absolute atomic E-state index is 13.6. The molecule has 1 aliphatic rings. The molecule has 0 spiro atoms. The van der Waals surface area contributed by atoms with Gasteiger partial charge in [0.1, 0.15) is 11.6 Å². The molecule has 1 aromatic carbocycles. The van der Waals surface area contributed by atoms with E-state index >= 15 is 0 Å². The molecule has 4 nitrogen and oxygen atoms in total. The van der Waals surface area contributed by atoms with Gasteiger partial charge in [-0.3, -0.25) is 4.79 Å². The minimum absolute atomic E-state index is 0.0955. The largest absolute Gasteiger partial charge is 0.349 e. The van der Waals surface area contributed by atoms with Gasteiger partial charge in [0.2, 0.25) is 0 Å². The van der Waals surface area contributed by atoms with Crippen molar-refractivity contribution < 1.29 is 9.18 Å². The smallest absolute Gasteiger partial charge is 0.253 e. The van der Waals surface area contributed by atoms with Crippen LogP contribution in [0.1, 0.15) is 42.5 Å². The van der Waals surface area contributed by atoms with E-state index in [1.54, 1.807) is 30.3 Å². The zero-order valence-corrected chi connectivity index (χ0v) is 12.9. The zero-order chi connectivity index (χ0) is 16.1. The summed E-state index contributed by atoms with van der Waals surface area (Å²) in [5, 5.41) is 5.96. The van der Waals surface area contributed by atoms with Crippen LogP contribution in [0.3, 0.4) is 0 Å². The Morgan fingerprint density at radius 3 is 2.57 bits per heavy atom. The summed E-state index contributed by atoms with van der Waals surface area (Å²) in [5.74, 6) is 0.0691. The highest BCUT2D eigenvalue weighted by Crippen LogP contribution is 2.19. The minimum atomic E-state index is -0.339. The van der Waals surface area contributed by atoms with E-state index in [4.69, 9.17) is 0 Å². The fraction of sp³-hybridized carbons (Fsp3) is 0.333. The van der Waals surface area contributed by atoms with E-state index in [2.05, 4.69) is 15.6 Å². The summed E-state index contributed by atoms with van der Waals surface area (Å²) >= 11 is 0. The number of hydrogen-bond acceptors (Lipinski definition) is 3. The molecule has 2 aromatic rings. The quantitative estimate of drug-likeness (QED) is 0.896. The molecule has 0 aliphatic heterocycles. The molecule has 1 heterocycles. The number of amides is 1. The number of pyridine rings is 1. The van der Waals surface area contributed by atoms with E-state index in [0.717, 1.165) is 12.8 Å². The van der Waals surface area contributed by atoms with Gasteiger partial charge in [-0.05, 0) is 37.1 Å². The molecule has 1 saturated carbocycles. The molecule has 3 rings (SSSR count). The van der Waals surface area contributed by atoms with Crippen molar-refractivity contribution in [3.8, 4) is 0 Å². The number of halogens is 1. The van der Waals surface area contributed by atoms with E-state index in [1.165, 1.54) is 31.5 Å². The monoisotopic (exact) mass is 313 g/mol. The van der Waals surface area contributed by atoms with Crippen molar-refractivity contribution in [2.24, 2.45) is 0 Å². The average molecular weight is 313 g/mol. The topological polar surface area (TPSA) is 54.0 Å². The highest BCUT2D eigenvalue weighted by Gasteiger charge is 2.16. The number of anilines is 2. The Balaban J connectivity index is 1.62. The summed E-state index contributed by atoms with van der Waals surface area (Å²) in [6.45, 7) is 0. The standard InChI is InChI=1S/C18H20FN3O/c19-15-8-4-5-9-16(15)22-17-11-10-13(12-20-17)18(23)21-14-6-2-1-3-7-14/h4-5,8-12,14H,1-3,6-7H2,(H,20,22)(H,21,23). The van der Waals surface area contributed by atoms with Crippen molar-refractivity contribution in [3.05, 3.63) is 54.0 Å². The van der Waals surface area contributed by atoms with Gasteiger partial charge in [-0.15, -0.1) is 0 Å². The van der Waals surface area contributed by atoms with Gasteiger partial charge in [-0.2, -0.15) is 0 Å². The van der Waals surface area contributed by atoms with Gasteiger partial charge >= 0.3 is 0 Å². The minimum Gasteiger partial charge on any atom is -0.349 e. The summed E-state index contributed by atoms with van der Waals surface area (Å²) in [5.41, 5.74) is 0.883. The normalized spacial score (nSPS) is 15.2. The summed E-state index contributed by atoms with van der Waals surface area (Å²) in [4.78, 5) is 16.4. The van der Waals surface area contributed by atoms with Crippen molar-refractivity contribution in [2.45, 2.75) is 38.1 Å². The number of nitrogens with zero attached hydrogens (tertiary/aromatic N) is 1. The number of hydrogen-bond donors (Lipinski definition) is 2. The maximum atomic E-state index is 13.6. The molecule has 5 heteroatoms. The Kier molecular flexibility index (Phi) is 4.86. The average Bonchev–Trinajstić information content (AvgIpc) is 2.58. The lowest BCUT2D eigenvalue weighted by Crippen LogP contribution is -2.36. The van der Waals surface area contributed by atoms with Crippen LogP contribution in [0.25, 0.3) is 0 Å². The molecule has 0 bridgehead atoms. The van der Waals surface area contributed by atoms with Crippen LogP contribution < -0.4 is 10.6 Å². The Morgan fingerprint density at radius 1 is 1.09 bits per heavy atom. The number of carbonyl (C=O) groups is 1. The molecular formula is C18H20FN3O. The molecule has 1 aliphatic carbocycles. The van der Waals surface area contributed by atoms with Gasteiger partial charge in [0.25, 0.3) is 5.91 Å². The number of aromatic nitrogens is 1. The highest BCUT2D eigenvalue weighted by molar-refractivity contribution is 5.94. The summed E-state index contributed by atoms with van der Waals surface area (Å²) in [6.07, 6.45) is 7.22. The Morgan fingerprint density at radius 2 is 1.87 bits per heavy atom. The van der Waals surface area contributed by atoms with Gasteiger partial charge in [-0.1, -0.05) is 31.4 Å². The van der Waals surface area contributed by atoms with Gasteiger partial charge < -0.3 is 10.6 Å². The fourth-order valence-corrected chi connectivity index (χ4v) is 2.82. The van der Waals surface area contributed by atoms with E-state index < -0.39 is 0 Å². The van der Waals surface area contributed by atoms with Crippen LogP contribution in [0.4, 0.5) is 15.9 Å². The van der Waals surface area contributed by atoms with E-state index in [-0.39, 0.29) is 17.8 Å². The van der Waals surface area contributed by atoms with Crippen LogP contribution in [0.5, 0.6) is 0 Å². The lowest BCUT2D eigenvalue weighted by atomic mass is 9.95. The molecule has 2 N–H and O–H groups in total. The molecule has 0 atom stereocenters. The molecular weight excluding hydrogens is 293 g/mol. The van der Waals surface area contributed by atoms with E-state index in [9.17, 15) is 9.18 Å². The lowest BCUT2D eigenvalue weighted by Gasteiger charge is -2.22. The highest BCUT2D eigenvalue weighted by atomic mass is 19.1. The van der Waals surface area contributed by atoms with Crippen molar-refractivity contribution >= 4 is 17.4 Å². The first-order chi connectivity index (χ1) is 11.2. The predicted octanol–water partition coefficient (Wildman–Crippen LogP) is 4.03. The number of para-hydroxylation sites is 1. The van der Waals surface area contributed by atoms with Crippen LogP contribution in [0.2, 0.25) is 0 Å². The fourth-order valence-electron chi connectivity index (χ4n) is 2.82. The SMILES string of the molecule is O=C(NC1CCCCC1)c1ccc(Nc2ccccc2F)nc1. The first-order valence-corrected chi connectivity index (χ1v) is 8.01. The first kappa shape index (κ1) is 15.5. The summed E-state index contributed by atoms with van der Waals surface area (Å²) < 4.78 is 13.6. The molecule has 0 saturated heterocycles. The third-order valence-electron chi connectivity index (χ3n) is 4.10. The van der Waals surface area contributed by atoms with Gasteiger partial charge in [0.05, 0.1) is 11.3 Å². The van der Waals surface area contributed by atoms with Crippen molar-refractivity contribution in [1.29, 1.82) is 0 Å². The van der Waals surface area contributed by atoms with Gasteiger partial charge in [0, 0.05) is 12.2 Å². The lowest BCUT2D eigenvalue weighted by molar-refractivity contribution is 0.0927. The molecule has 1 amide bonds. The van der Waals surface area contributed by atoms with Crippen molar-refractivity contribution in [1.82, 2.24) is 10.3 Å². The van der Waals surface area contributed by atoms with Crippen LogP contribution in [0, 0.1) is 5.82 Å². The summed E-state index contributed by atoms with van der Waals surface area (Å²) in [6, 6.07) is 10.1. The van der Waals surface area contributed by atoms with Crippen LogP contribution in [0.15, 0.2) is 42.6 Å². The second-order valence-corrected chi connectivity index (χ2v) is 5.85. The number of rotatable bonds is 4. The molecule has 23 heavy (non-hydrogen) atoms. The third kappa shape index (κ3) is 4.06. The van der Waals surface area contributed by atoms with Crippen LogP contribution >= 0.6 is 0 Å². The predicted molar refractivity (Wildman–Crippen MR) is 88.3 cm³/mol. The number of carbonyl (C=O) groups excluding carboxylic acids is 1.